The largest absolute Gasteiger partial charge is 0.490 e. The molecule has 1 heterocycles. The summed E-state index contributed by atoms with van der Waals surface area (Å²) in [5.41, 5.74) is 1.24. The van der Waals surface area contributed by atoms with Crippen LogP contribution in [-0.4, -0.2) is 48.3 Å². The Morgan fingerprint density at radius 3 is 2.76 bits per heavy atom. The highest BCUT2D eigenvalue weighted by atomic mass is 16.5. The summed E-state index contributed by atoms with van der Waals surface area (Å²) in [5, 5.41) is 12.6. The van der Waals surface area contributed by atoms with Gasteiger partial charge in [-0.1, -0.05) is 30.3 Å². The number of benzene rings is 2. The van der Waals surface area contributed by atoms with Gasteiger partial charge in [-0.2, -0.15) is 10.3 Å². The Balaban J connectivity index is 2.14. The van der Waals surface area contributed by atoms with Gasteiger partial charge in [-0.3, -0.25) is 0 Å². The summed E-state index contributed by atoms with van der Waals surface area (Å²) >= 11 is 0. The molecule has 0 saturated heterocycles. The molecule has 0 fully saturated rings. The van der Waals surface area contributed by atoms with Crippen LogP contribution in [0.1, 0.15) is 17.4 Å². The molecule has 25 heavy (non-hydrogen) atoms. The van der Waals surface area contributed by atoms with Gasteiger partial charge in [0.15, 0.2) is 5.69 Å². The van der Waals surface area contributed by atoms with E-state index in [9.17, 15) is 4.79 Å². The van der Waals surface area contributed by atoms with Crippen LogP contribution in [-0.2, 0) is 9.47 Å². The van der Waals surface area contributed by atoms with Crippen molar-refractivity contribution in [3.63, 3.8) is 0 Å². The summed E-state index contributed by atoms with van der Waals surface area (Å²) in [7, 11) is 1.61. The van der Waals surface area contributed by atoms with Crippen molar-refractivity contribution in [2.45, 2.75) is 6.92 Å². The van der Waals surface area contributed by atoms with Crippen molar-refractivity contribution in [3.8, 4) is 17.0 Å². The van der Waals surface area contributed by atoms with Crippen molar-refractivity contribution in [2.24, 2.45) is 0 Å². The molecule has 7 nitrogen and oxygen atoms in total. The number of nitrogens with zero attached hydrogens (tertiary/aromatic N) is 2. The quantitative estimate of drug-likeness (QED) is 0.525. The fourth-order valence-electron chi connectivity index (χ4n) is 2.60. The minimum Gasteiger partial charge on any atom is -0.490 e. The van der Waals surface area contributed by atoms with Gasteiger partial charge >= 0.3 is 5.97 Å². The summed E-state index contributed by atoms with van der Waals surface area (Å²) in [5.74, 6) is 0.0808. The van der Waals surface area contributed by atoms with E-state index in [2.05, 4.69) is 15.4 Å². The number of H-pyrrole nitrogens is 1. The van der Waals surface area contributed by atoms with Gasteiger partial charge in [-0.25, -0.2) is 4.79 Å². The highest BCUT2D eigenvalue weighted by Gasteiger charge is 2.23. The summed E-state index contributed by atoms with van der Waals surface area (Å²) in [6.07, 6.45) is 0. The van der Waals surface area contributed by atoms with Crippen LogP contribution < -0.4 is 4.74 Å². The molecule has 0 unspecified atom stereocenters. The van der Waals surface area contributed by atoms with Crippen molar-refractivity contribution in [1.29, 1.82) is 0 Å². The first-order valence-corrected chi connectivity index (χ1v) is 7.98. The summed E-state index contributed by atoms with van der Waals surface area (Å²) in [4.78, 5) is 12.2. The number of nitrogens with one attached hydrogen (secondary N) is 1. The van der Waals surface area contributed by atoms with Crippen LogP contribution in [0.4, 0.5) is 0 Å². The van der Waals surface area contributed by atoms with Gasteiger partial charge in [0.2, 0.25) is 0 Å². The SMILES string of the molecule is CCOC(=O)c1n[nH]nc1-c1c(OCCOC)ccc2ccccc12. The van der Waals surface area contributed by atoms with Gasteiger partial charge in [0.1, 0.15) is 18.1 Å². The second-order valence-corrected chi connectivity index (χ2v) is 5.24. The Morgan fingerprint density at radius 1 is 1.12 bits per heavy atom. The van der Waals surface area contributed by atoms with Gasteiger partial charge in [0.05, 0.1) is 18.8 Å². The molecule has 0 bridgehead atoms. The number of carbonyl (C=O) groups excluding carboxylic acids is 1. The summed E-state index contributed by atoms with van der Waals surface area (Å²) in [6, 6.07) is 11.6. The highest BCUT2D eigenvalue weighted by Crippen LogP contribution is 2.37. The molecule has 0 saturated carbocycles. The van der Waals surface area contributed by atoms with Crippen LogP contribution in [0.25, 0.3) is 22.0 Å². The van der Waals surface area contributed by atoms with Crippen molar-refractivity contribution in [3.05, 3.63) is 42.1 Å². The second-order valence-electron chi connectivity index (χ2n) is 5.24. The number of esters is 1. The number of methoxy groups -OCH3 is 1. The zero-order valence-corrected chi connectivity index (χ0v) is 14.1. The average molecular weight is 341 g/mol. The third-order valence-electron chi connectivity index (χ3n) is 3.69. The standard InChI is InChI=1S/C18H19N3O4/c1-3-24-18(22)17-16(19-21-20-17)15-13-7-5-4-6-12(13)8-9-14(15)25-11-10-23-2/h4-9H,3,10-11H2,1-2H3,(H,19,20,21). The van der Waals surface area contributed by atoms with Crippen molar-refractivity contribution >= 4 is 16.7 Å². The molecule has 1 N–H and O–H groups in total. The van der Waals surface area contributed by atoms with E-state index < -0.39 is 5.97 Å². The first-order valence-electron chi connectivity index (χ1n) is 7.98. The fourth-order valence-corrected chi connectivity index (χ4v) is 2.60. The lowest BCUT2D eigenvalue weighted by Gasteiger charge is -2.13. The fraction of sp³-hybridized carbons (Fsp3) is 0.278. The molecule has 130 valence electrons. The van der Waals surface area contributed by atoms with Crippen LogP contribution in [0.5, 0.6) is 5.75 Å². The van der Waals surface area contributed by atoms with Crippen LogP contribution in [0.15, 0.2) is 36.4 Å². The number of aromatic nitrogens is 3. The molecule has 0 amide bonds. The molecule has 1 aromatic heterocycles. The zero-order chi connectivity index (χ0) is 17.6. The Bertz CT molecular complexity index is 876. The monoisotopic (exact) mass is 341 g/mol. The first kappa shape index (κ1) is 16.9. The number of carbonyl (C=O) groups is 1. The summed E-state index contributed by atoms with van der Waals surface area (Å²) < 4.78 is 16.0. The van der Waals surface area contributed by atoms with Crippen molar-refractivity contribution in [2.75, 3.05) is 26.9 Å². The minimum atomic E-state index is -0.526. The maximum Gasteiger partial charge on any atom is 0.361 e. The van der Waals surface area contributed by atoms with Gasteiger partial charge in [-0.15, -0.1) is 5.10 Å². The van der Waals surface area contributed by atoms with Gasteiger partial charge in [-0.05, 0) is 23.8 Å². The number of fused-ring (bicyclic) bond motifs is 1. The molecule has 0 aliphatic heterocycles. The Kier molecular flexibility index (Phi) is 5.25. The number of hydrogen-bond donors (Lipinski definition) is 1. The van der Waals surface area contributed by atoms with Crippen molar-refractivity contribution < 1.29 is 19.0 Å². The highest BCUT2D eigenvalue weighted by molar-refractivity contribution is 6.04. The van der Waals surface area contributed by atoms with Crippen LogP contribution in [0, 0.1) is 0 Å². The van der Waals surface area contributed by atoms with E-state index in [1.54, 1.807) is 14.0 Å². The molecule has 3 aromatic rings. The number of aromatic amines is 1. The third kappa shape index (κ3) is 3.46. The van der Waals surface area contributed by atoms with E-state index in [1.165, 1.54) is 0 Å². The molecule has 0 aliphatic carbocycles. The molecule has 0 atom stereocenters. The van der Waals surface area contributed by atoms with Crippen LogP contribution >= 0.6 is 0 Å². The minimum absolute atomic E-state index is 0.134. The first-order chi connectivity index (χ1) is 12.3. The predicted molar refractivity (Wildman–Crippen MR) is 92.7 cm³/mol. The Hall–Kier alpha value is -2.93. The summed E-state index contributed by atoms with van der Waals surface area (Å²) in [6.45, 7) is 2.84. The Morgan fingerprint density at radius 2 is 1.96 bits per heavy atom. The van der Waals surface area contributed by atoms with E-state index in [1.807, 2.05) is 36.4 Å². The van der Waals surface area contributed by atoms with E-state index >= 15 is 0 Å². The zero-order valence-electron chi connectivity index (χ0n) is 14.1. The molecule has 2 aromatic carbocycles. The van der Waals surface area contributed by atoms with Crippen LogP contribution in [0.2, 0.25) is 0 Å². The van der Waals surface area contributed by atoms with Crippen molar-refractivity contribution in [1.82, 2.24) is 15.4 Å². The average Bonchev–Trinajstić information content (AvgIpc) is 3.11. The third-order valence-corrected chi connectivity index (χ3v) is 3.69. The number of ether oxygens (including phenoxy) is 3. The molecule has 3 rings (SSSR count). The smallest absolute Gasteiger partial charge is 0.361 e. The number of rotatable bonds is 7. The van der Waals surface area contributed by atoms with E-state index in [0.29, 0.717) is 30.2 Å². The maximum atomic E-state index is 12.2. The Labute approximate surface area is 144 Å². The van der Waals surface area contributed by atoms with Gasteiger partial charge in [0.25, 0.3) is 0 Å². The lowest BCUT2D eigenvalue weighted by atomic mass is 10.00. The second kappa shape index (κ2) is 7.76. The number of hydrogen-bond acceptors (Lipinski definition) is 6. The molecular formula is C18H19N3O4. The normalized spacial score (nSPS) is 10.8. The maximum absolute atomic E-state index is 12.2. The topological polar surface area (TPSA) is 86.3 Å². The molecular weight excluding hydrogens is 322 g/mol. The molecule has 0 aliphatic rings. The van der Waals surface area contributed by atoms with E-state index in [0.717, 1.165) is 10.8 Å². The molecule has 0 spiro atoms. The lowest BCUT2D eigenvalue weighted by molar-refractivity contribution is 0.0520. The van der Waals surface area contributed by atoms with E-state index in [-0.39, 0.29) is 12.3 Å². The van der Waals surface area contributed by atoms with Crippen LogP contribution in [0.3, 0.4) is 0 Å². The van der Waals surface area contributed by atoms with Gasteiger partial charge in [0, 0.05) is 7.11 Å². The molecule has 0 radical (unpaired) electrons. The van der Waals surface area contributed by atoms with E-state index in [4.69, 9.17) is 14.2 Å². The predicted octanol–water partition coefficient (Wildman–Crippen LogP) is 2.83. The van der Waals surface area contributed by atoms with Gasteiger partial charge < -0.3 is 14.2 Å². The lowest BCUT2D eigenvalue weighted by Crippen LogP contribution is -2.08. The molecule has 7 heteroatoms.